The number of hydrogen-bond acceptors (Lipinski definition) is 3. The minimum atomic E-state index is -3.41. The van der Waals surface area contributed by atoms with E-state index in [1.165, 1.54) is 6.42 Å². The highest BCUT2D eigenvalue weighted by Gasteiger charge is 2.32. The maximum absolute atomic E-state index is 12.2. The molecule has 19 heavy (non-hydrogen) atoms. The molecular weight excluding hydrogens is 260 g/mol. The van der Waals surface area contributed by atoms with Crippen molar-refractivity contribution in [1.29, 1.82) is 0 Å². The van der Waals surface area contributed by atoms with Crippen molar-refractivity contribution in [2.75, 3.05) is 18.4 Å². The van der Waals surface area contributed by atoms with Crippen molar-refractivity contribution in [3.8, 4) is 0 Å². The molecular formula is C14H22N2O2S. The fourth-order valence-corrected chi connectivity index (χ4v) is 3.40. The third-order valence-corrected chi connectivity index (χ3v) is 5.07. The summed E-state index contributed by atoms with van der Waals surface area (Å²) in [6, 6.07) is 7.09. The van der Waals surface area contributed by atoms with Crippen LogP contribution in [0.25, 0.3) is 0 Å². The summed E-state index contributed by atoms with van der Waals surface area (Å²) in [6.07, 6.45) is 2.02. The molecule has 0 heterocycles. The van der Waals surface area contributed by atoms with Gasteiger partial charge in [0.1, 0.15) is 4.90 Å². The lowest BCUT2D eigenvalue weighted by Gasteiger charge is -2.12. The quantitative estimate of drug-likeness (QED) is 0.807. The smallest absolute Gasteiger partial charge is 0.242 e. The fourth-order valence-electron chi connectivity index (χ4n) is 2.09. The zero-order chi connectivity index (χ0) is 13.9. The summed E-state index contributed by atoms with van der Waals surface area (Å²) in [7, 11) is -3.41. The third kappa shape index (κ3) is 3.70. The first-order chi connectivity index (χ1) is 9.04. The van der Waals surface area contributed by atoms with Gasteiger partial charge in [0.2, 0.25) is 10.0 Å². The number of para-hydroxylation sites is 1. The van der Waals surface area contributed by atoms with E-state index in [9.17, 15) is 8.42 Å². The van der Waals surface area contributed by atoms with Crippen LogP contribution in [0.5, 0.6) is 0 Å². The Bertz CT molecular complexity index is 528. The Morgan fingerprint density at radius 1 is 1.32 bits per heavy atom. The lowest BCUT2D eigenvalue weighted by Crippen LogP contribution is -2.25. The molecule has 5 heteroatoms. The zero-order valence-corrected chi connectivity index (χ0v) is 12.3. The van der Waals surface area contributed by atoms with Crippen LogP contribution in [0.1, 0.15) is 26.7 Å². The molecule has 0 spiro atoms. The molecule has 0 saturated heterocycles. The number of hydrogen-bond donors (Lipinski definition) is 2. The first kappa shape index (κ1) is 14.3. The van der Waals surface area contributed by atoms with Crippen molar-refractivity contribution in [2.24, 2.45) is 11.8 Å². The molecule has 1 aromatic rings. The van der Waals surface area contributed by atoms with Crippen molar-refractivity contribution in [3.05, 3.63) is 24.3 Å². The predicted octanol–water partition coefficient (Wildman–Crippen LogP) is 2.44. The van der Waals surface area contributed by atoms with Gasteiger partial charge in [0.15, 0.2) is 0 Å². The average molecular weight is 282 g/mol. The summed E-state index contributed by atoms with van der Waals surface area (Å²) >= 11 is 0. The monoisotopic (exact) mass is 282 g/mol. The highest BCUT2D eigenvalue weighted by atomic mass is 32.2. The van der Waals surface area contributed by atoms with E-state index in [2.05, 4.69) is 17.0 Å². The van der Waals surface area contributed by atoms with Crippen LogP contribution in [0.15, 0.2) is 29.2 Å². The second kappa shape index (κ2) is 5.92. The van der Waals surface area contributed by atoms with Crippen LogP contribution in [0.2, 0.25) is 0 Å². The molecule has 1 fully saturated rings. The molecule has 2 unspecified atom stereocenters. The van der Waals surface area contributed by atoms with Gasteiger partial charge in [0.25, 0.3) is 0 Å². The van der Waals surface area contributed by atoms with E-state index in [-0.39, 0.29) is 0 Å². The molecule has 2 atom stereocenters. The van der Waals surface area contributed by atoms with Crippen LogP contribution in [0, 0.1) is 11.8 Å². The van der Waals surface area contributed by atoms with Gasteiger partial charge in [-0.1, -0.05) is 26.0 Å². The van der Waals surface area contributed by atoms with Gasteiger partial charge in [-0.25, -0.2) is 13.1 Å². The summed E-state index contributed by atoms with van der Waals surface area (Å²) < 4.78 is 27.0. The highest BCUT2D eigenvalue weighted by molar-refractivity contribution is 7.89. The SMILES string of the molecule is CCCNS(=O)(=O)c1ccccc1NCC1CC1C. The molecule has 0 aromatic heterocycles. The van der Waals surface area contributed by atoms with Crippen LogP contribution < -0.4 is 10.0 Å². The van der Waals surface area contributed by atoms with Gasteiger partial charge in [0, 0.05) is 13.1 Å². The Hall–Kier alpha value is -1.07. The second-order valence-electron chi connectivity index (χ2n) is 5.25. The van der Waals surface area contributed by atoms with Gasteiger partial charge in [0.05, 0.1) is 5.69 Å². The van der Waals surface area contributed by atoms with E-state index >= 15 is 0 Å². The van der Waals surface area contributed by atoms with Gasteiger partial charge in [-0.15, -0.1) is 0 Å². The molecule has 1 saturated carbocycles. The van der Waals surface area contributed by atoms with Crippen LogP contribution >= 0.6 is 0 Å². The summed E-state index contributed by atoms with van der Waals surface area (Å²) in [5, 5.41) is 3.27. The number of anilines is 1. The topological polar surface area (TPSA) is 58.2 Å². The van der Waals surface area contributed by atoms with Gasteiger partial charge < -0.3 is 5.32 Å². The Kier molecular flexibility index (Phi) is 4.47. The minimum absolute atomic E-state index is 0.344. The molecule has 4 nitrogen and oxygen atoms in total. The van der Waals surface area contributed by atoms with Crippen LogP contribution in [-0.4, -0.2) is 21.5 Å². The number of rotatable bonds is 7. The van der Waals surface area contributed by atoms with E-state index in [1.807, 2.05) is 19.1 Å². The lowest BCUT2D eigenvalue weighted by atomic mass is 10.3. The first-order valence-corrected chi connectivity index (χ1v) is 8.35. The fraction of sp³-hybridized carbons (Fsp3) is 0.571. The summed E-state index contributed by atoms with van der Waals surface area (Å²) in [5.41, 5.74) is 0.699. The van der Waals surface area contributed by atoms with E-state index in [0.29, 0.717) is 23.0 Å². The van der Waals surface area contributed by atoms with Crippen LogP contribution in [0.3, 0.4) is 0 Å². The van der Waals surface area contributed by atoms with Crippen molar-refractivity contribution in [2.45, 2.75) is 31.6 Å². The Labute approximate surface area is 115 Å². The average Bonchev–Trinajstić information content (AvgIpc) is 3.10. The maximum atomic E-state index is 12.2. The first-order valence-electron chi connectivity index (χ1n) is 6.87. The van der Waals surface area contributed by atoms with Gasteiger partial charge >= 0.3 is 0 Å². The Morgan fingerprint density at radius 2 is 2.00 bits per heavy atom. The zero-order valence-electron chi connectivity index (χ0n) is 11.5. The molecule has 0 aliphatic heterocycles. The van der Waals surface area contributed by atoms with E-state index in [4.69, 9.17) is 0 Å². The van der Waals surface area contributed by atoms with Crippen molar-refractivity contribution >= 4 is 15.7 Å². The van der Waals surface area contributed by atoms with Crippen LogP contribution in [0.4, 0.5) is 5.69 Å². The number of sulfonamides is 1. The Balaban J connectivity index is 2.10. The molecule has 0 bridgehead atoms. The molecule has 0 amide bonds. The van der Waals surface area contributed by atoms with Crippen LogP contribution in [-0.2, 0) is 10.0 Å². The van der Waals surface area contributed by atoms with Crippen molar-refractivity contribution in [3.63, 3.8) is 0 Å². The Morgan fingerprint density at radius 3 is 2.63 bits per heavy atom. The predicted molar refractivity (Wildman–Crippen MR) is 77.7 cm³/mol. The molecule has 2 rings (SSSR count). The van der Waals surface area contributed by atoms with Gasteiger partial charge in [-0.05, 0) is 36.8 Å². The van der Waals surface area contributed by atoms with E-state index in [0.717, 1.165) is 18.9 Å². The van der Waals surface area contributed by atoms with Crippen molar-refractivity contribution in [1.82, 2.24) is 4.72 Å². The summed E-state index contributed by atoms with van der Waals surface area (Å²) in [5.74, 6) is 1.44. The maximum Gasteiger partial charge on any atom is 0.242 e. The number of nitrogens with one attached hydrogen (secondary N) is 2. The third-order valence-electron chi connectivity index (χ3n) is 3.55. The second-order valence-corrected chi connectivity index (χ2v) is 6.98. The number of benzene rings is 1. The summed E-state index contributed by atoms with van der Waals surface area (Å²) in [4.78, 5) is 0.344. The molecule has 0 radical (unpaired) electrons. The summed E-state index contributed by atoms with van der Waals surface area (Å²) in [6.45, 7) is 5.48. The van der Waals surface area contributed by atoms with E-state index < -0.39 is 10.0 Å². The molecule has 106 valence electrons. The minimum Gasteiger partial charge on any atom is -0.384 e. The molecule has 2 N–H and O–H groups in total. The largest absolute Gasteiger partial charge is 0.384 e. The standard InChI is InChI=1S/C14H22N2O2S/c1-3-8-16-19(17,18)14-7-5-4-6-13(14)15-10-12-9-11(12)2/h4-7,11-12,15-16H,3,8-10H2,1-2H3. The van der Waals surface area contributed by atoms with E-state index in [1.54, 1.807) is 12.1 Å². The normalized spacial score (nSPS) is 22.2. The molecule has 1 aliphatic rings. The van der Waals surface area contributed by atoms with Crippen molar-refractivity contribution < 1.29 is 8.42 Å². The van der Waals surface area contributed by atoms with Gasteiger partial charge in [-0.3, -0.25) is 0 Å². The molecule has 1 aliphatic carbocycles. The van der Waals surface area contributed by atoms with Gasteiger partial charge in [-0.2, -0.15) is 0 Å². The molecule has 1 aromatic carbocycles. The highest BCUT2D eigenvalue weighted by Crippen LogP contribution is 2.37. The lowest BCUT2D eigenvalue weighted by molar-refractivity contribution is 0.581.